The molecule has 0 fully saturated rings. The van der Waals surface area contributed by atoms with E-state index in [2.05, 4.69) is 30.9 Å². The number of carbonyl (C=O) groups excluding carboxylic acids is 1. The maximum Gasteiger partial charge on any atom is 1.00 e. The standard InChI is InChI=1S/C26H42O3.Na.H/c1-3-5-6-7-8-9-10-11-12-13-14-15-16-17-22-25(26(27)29-28)24-21-19-18-20-23(24)4-2;;/h11-12,18-21,25,28H,3-10,13-17,22H2,1-2H3;;/q;+1;-1/b12-11-;;. The molecule has 0 bridgehead atoms. The van der Waals surface area contributed by atoms with E-state index in [1.54, 1.807) is 0 Å². The van der Waals surface area contributed by atoms with Gasteiger partial charge in [0.15, 0.2) is 0 Å². The Morgan fingerprint density at radius 2 is 1.50 bits per heavy atom. The molecule has 1 rings (SSSR count). The van der Waals surface area contributed by atoms with E-state index in [1.165, 1.54) is 57.8 Å². The Kier molecular flexibility index (Phi) is 19.9. The van der Waals surface area contributed by atoms with Crippen molar-refractivity contribution in [2.24, 2.45) is 0 Å². The third kappa shape index (κ3) is 12.9. The zero-order chi connectivity index (χ0) is 21.2. The molecule has 4 heteroatoms. The van der Waals surface area contributed by atoms with Gasteiger partial charge in [0.05, 0.1) is 5.92 Å². The molecule has 1 unspecified atom stereocenters. The Hall–Kier alpha value is -0.610. The van der Waals surface area contributed by atoms with Crippen LogP contribution in [0.25, 0.3) is 0 Å². The van der Waals surface area contributed by atoms with Crippen LogP contribution in [0.5, 0.6) is 0 Å². The van der Waals surface area contributed by atoms with Crippen LogP contribution in [0.15, 0.2) is 36.4 Å². The zero-order valence-electron chi connectivity index (χ0n) is 20.7. The van der Waals surface area contributed by atoms with Gasteiger partial charge < -0.3 is 6.31 Å². The second-order valence-corrected chi connectivity index (χ2v) is 8.03. The molecule has 0 aliphatic heterocycles. The van der Waals surface area contributed by atoms with Gasteiger partial charge in [-0.05, 0) is 49.7 Å². The Bertz CT molecular complexity index is 578. The van der Waals surface area contributed by atoms with Gasteiger partial charge in [0.1, 0.15) is 0 Å². The van der Waals surface area contributed by atoms with Crippen molar-refractivity contribution in [3.63, 3.8) is 0 Å². The van der Waals surface area contributed by atoms with Crippen LogP contribution in [0, 0.1) is 0 Å². The zero-order valence-corrected chi connectivity index (χ0v) is 21.7. The molecule has 1 N–H and O–H groups in total. The van der Waals surface area contributed by atoms with Crippen LogP contribution in [0.4, 0.5) is 0 Å². The second-order valence-electron chi connectivity index (χ2n) is 8.03. The molecular weight excluding hydrogens is 383 g/mol. The predicted octanol–water partition coefficient (Wildman–Crippen LogP) is 5.11. The molecule has 0 aliphatic carbocycles. The number of rotatable bonds is 17. The summed E-state index contributed by atoms with van der Waals surface area (Å²) >= 11 is 0. The van der Waals surface area contributed by atoms with Crippen LogP contribution in [-0.4, -0.2) is 11.2 Å². The Morgan fingerprint density at radius 1 is 0.933 bits per heavy atom. The number of hydrogen-bond acceptors (Lipinski definition) is 3. The van der Waals surface area contributed by atoms with Crippen molar-refractivity contribution in [3.05, 3.63) is 47.5 Å². The van der Waals surface area contributed by atoms with Gasteiger partial charge in [0.2, 0.25) is 0 Å². The third-order valence-electron chi connectivity index (χ3n) is 5.69. The first-order valence-electron chi connectivity index (χ1n) is 11.8. The van der Waals surface area contributed by atoms with E-state index >= 15 is 0 Å². The molecule has 0 amide bonds. The summed E-state index contributed by atoms with van der Waals surface area (Å²) in [4.78, 5) is 16.2. The van der Waals surface area contributed by atoms with Crippen molar-refractivity contribution in [1.29, 1.82) is 0 Å². The van der Waals surface area contributed by atoms with Crippen molar-refractivity contribution in [2.75, 3.05) is 0 Å². The molecule has 0 aliphatic rings. The topological polar surface area (TPSA) is 46.5 Å². The SMILES string of the molecule is CCCCCCCC/C=C\CCCCCCC(C(=O)OO)c1ccccc1CC.[H-].[Na+]. The summed E-state index contributed by atoms with van der Waals surface area (Å²) in [6, 6.07) is 7.97. The number of aryl methyl sites for hydroxylation is 1. The van der Waals surface area contributed by atoms with Gasteiger partial charge in [0.25, 0.3) is 0 Å². The molecule has 1 aromatic carbocycles. The van der Waals surface area contributed by atoms with Gasteiger partial charge in [-0.15, -0.1) is 0 Å². The van der Waals surface area contributed by atoms with Gasteiger partial charge in [-0.3, -0.25) is 0 Å². The molecule has 1 atom stereocenters. The molecule has 0 aromatic heterocycles. The first-order chi connectivity index (χ1) is 14.2. The Labute approximate surface area is 208 Å². The fourth-order valence-electron chi connectivity index (χ4n) is 3.90. The second kappa shape index (κ2) is 20.3. The minimum Gasteiger partial charge on any atom is -1.00 e. The van der Waals surface area contributed by atoms with Crippen molar-refractivity contribution >= 4 is 5.97 Å². The van der Waals surface area contributed by atoms with E-state index in [0.717, 1.165) is 43.2 Å². The van der Waals surface area contributed by atoms with E-state index in [4.69, 9.17) is 5.26 Å². The predicted molar refractivity (Wildman–Crippen MR) is 123 cm³/mol. The van der Waals surface area contributed by atoms with E-state index in [0.29, 0.717) is 0 Å². The Balaban J connectivity index is 0. The molecule has 1 aromatic rings. The van der Waals surface area contributed by atoms with E-state index in [9.17, 15) is 4.79 Å². The molecule has 0 saturated heterocycles. The summed E-state index contributed by atoms with van der Waals surface area (Å²) in [5.41, 5.74) is 2.14. The summed E-state index contributed by atoms with van der Waals surface area (Å²) in [6.07, 6.45) is 21.2. The average Bonchev–Trinajstić information content (AvgIpc) is 2.76. The van der Waals surface area contributed by atoms with Gasteiger partial charge in [-0.2, -0.15) is 5.26 Å². The Morgan fingerprint density at radius 3 is 2.10 bits per heavy atom. The van der Waals surface area contributed by atoms with Crippen LogP contribution in [0.2, 0.25) is 0 Å². The number of benzene rings is 1. The molecule has 166 valence electrons. The fourth-order valence-corrected chi connectivity index (χ4v) is 3.90. The molecule has 0 radical (unpaired) electrons. The summed E-state index contributed by atoms with van der Waals surface area (Å²) in [6.45, 7) is 4.34. The van der Waals surface area contributed by atoms with Crippen LogP contribution in [0.1, 0.15) is 116 Å². The van der Waals surface area contributed by atoms with Crippen LogP contribution >= 0.6 is 0 Å². The smallest absolute Gasteiger partial charge is 1.00 e. The molecular formula is C26H43NaO3. The largest absolute Gasteiger partial charge is 1.00 e. The molecule has 0 saturated carbocycles. The van der Waals surface area contributed by atoms with E-state index in [-0.39, 0.29) is 36.9 Å². The first kappa shape index (κ1) is 29.4. The number of allylic oxidation sites excluding steroid dienone is 2. The van der Waals surface area contributed by atoms with Gasteiger partial charge in [-0.1, -0.05) is 102 Å². The number of unbranched alkanes of at least 4 members (excludes halogenated alkanes) is 10. The number of carbonyl (C=O) groups is 1. The van der Waals surface area contributed by atoms with Crippen molar-refractivity contribution < 1.29 is 45.9 Å². The minimum absolute atomic E-state index is 0. The van der Waals surface area contributed by atoms with Crippen molar-refractivity contribution in [2.45, 2.75) is 110 Å². The maximum absolute atomic E-state index is 12.1. The summed E-state index contributed by atoms with van der Waals surface area (Å²) < 4.78 is 0. The fraction of sp³-hybridized carbons (Fsp3) is 0.654. The van der Waals surface area contributed by atoms with Crippen LogP contribution in [-0.2, 0) is 16.1 Å². The summed E-state index contributed by atoms with van der Waals surface area (Å²) in [5.74, 6) is -0.906. The normalized spacial score (nSPS) is 12.0. The molecule has 3 nitrogen and oxygen atoms in total. The molecule has 0 spiro atoms. The van der Waals surface area contributed by atoms with Crippen LogP contribution < -0.4 is 29.6 Å². The molecule has 30 heavy (non-hydrogen) atoms. The van der Waals surface area contributed by atoms with E-state index in [1.807, 2.05) is 24.3 Å². The first-order valence-corrected chi connectivity index (χ1v) is 11.8. The summed E-state index contributed by atoms with van der Waals surface area (Å²) in [5, 5.41) is 8.89. The monoisotopic (exact) mass is 426 g/mol. The summed E-state index contributed by atoms with van der Waals surface area (Å²) in [7, 11) is 0. The quantitative estimate of drug-likeness (QED) is 0.124. The van der Waals surface area contributed by atoms with Crippen molar-refractivity contribution in [3.8, 4) is 0 Å². The number of hydrogen-bond donors (Lipinski definition) is 1. The van der Waals surface area contributed by atoms with Gasteiger partial charge >= 0.3 is 35.5 Å². The minimum atomic E-state index is -0.538. The van der Waals surface area contributed by atoms with Gasteiger partial charge in [-0.25, -0.2) is 4.79 Å². The third-order valence-corrected chi connectivity index (χ3v) is 5.69. The molecule has 0 heterocycles. The average molecular weight is 427 g/mol. The van der Waals surface area contributed by atoms with Crippen molar-refractivity contribution in [1.82, 2.24) is 0 Å². The van der Waals surface area contributed by atoms with Gasteiger partial charge in [0, 0.05) is 0 Å². The maximum atomic E-state index is 12.1. The van der Waals surface area contributed by atoms with Crippen LogP contribution in [0.3, 0.4) is 0 Å². The van der Waals surface area contributed by atoms with E-state index < -0.39 is 5.97 Å².